The number of likely N-dealkylation sites (tertiary alicyclic amines) is 1. The van der Waals surface area contributed by atoms with Gasteiger partial charge in [-0.2, -0.15) is 0 Å². The monoisotopic (exact) mass is 241 g/mol. The largest absolute Gasteiger partial charge is 0.396 e. The van der Waals surface area contributed by atoms with Gasteiger partial charge in [0.2, 0.25) is 0 Å². The molecule has 1 heterocycles. The van der Waals surface area contributed by atoms with Crippen LogP contribution >= 0.6 is 0 Å². The second-order valence-corrected chi connectivity index (χ2v) is 6.39. The summed E-state index contributed by atoms with van der Waals surface area (Å²) in [5.74, 6) is 0. The molecule has 0 aromatic rings. The van der Waals surface area contributed by atoms with Gasteiger partial charge in [-0.25, -0.2) is 0 Å². The summed E-state index contributed by atoms with van der Waals surface area (Å²) < 4.78 is 0. The van der Waals surface area contributed by atoms with Crippen molar-refractivity contribution in [2.75, 3.05) is 26.2 Å². The minimum atomic E-state index is 0.103. The van der Waals surface area contributed by atoms with Gasteiger partial charge in [0.05, 0.1) is 0 Å². The molecule has 1 atom stereocenters. The van der Waals surface area contributed by atoms with E-state index in [9.17, 15) is 5.11 Å². The van der Waals surface area contributed by atoms with Crippen LogP contribution in [0.4, 0.5) is 0 Å². The molecule has 0 bridgehead atoms. The molecule has 17 heavy (non-hydrogen) atoms. The first-order valence-electron chi connectivity index (χ1n) is 7.36. The first kappa shape index (κ1) is 15.0. The number of hydrogen-bond donors (Lipinski definition) is 1. The summed E-state index contributed by atoms with van der Waals surface area (Å²) in [6, 6.07) is 0. The van der Waals surface area contributed by atoms with Crippen LogP contribution in [0.1, 0.15) is 59.8 Å². The van der Waals surface area contributed by atoms with Crippen molar-refractivity contribution in [3.63, 3.8) is 0 Å². The SMILES string of the molecule is CCCC(C)(CO)CN1CCC(CC)(CC)C1. The molecule has 102 valence electrons. The summed E-state index contributed by atoms with van der Waals surface area (Å²) in [6.45, 7) is 12.9. The number of aliphatic hydroxyl groups excluding tert-OH is 1. The van der Waals surface area contributed by atoms with Crippen molar-refractivity contribution >= 4 is 0 Å². The van der Waals surface area contributed by atoms with Gasteiger partial charge in [-0.3, -0.25) is 0 Å². The second kappa shape index (κ2) is 6.19. The lowest BCUT2D eigenvalue weighted by Gasteiger charge is -2.33. The van der Waals surface area contributed by atoms with Crippen LogP contribution in [-0.2, 0) is 0 Å². The van der Waals surface area contributed by atoms with Gasteiger partial charge in [-0.15, -0.1) is 0 Å². The maximum absolute atomic E-state index is 9.59. The third-order valence-corrected chi connectivity index (χ3v) is 4.86. The maximum Gasteiger partial charge on any atom is 0.0497 e. The molecule has 1 rings (SSSR count). The Balaban J connectivity index is 2.54. The van der Waals surface area contributed by atoms with E-state index in [0.717, 1.165) is 19.4 Å². The van der Waals surface area contributed by atoms with Gasteiger partial charge in [-0.1, -0.05) is 34.1 Å². The van der Waals surface area contributed by atoms with Gasteiger partial charge < -0.3 is 10.0 Å². The van der Waals surface area contributed by atoms with Crippen LogP contribution in [0, 0.1) is 10.8 Å². The molecule has 1 saturated heterocycles. The van der Waals surface area contributed by atoms with Crippen LogP contribution < -0.4 is 0 Å². The molecular weight excluding hydrogens is 210 g/mol. The van der Waals surface area contributed by atoms with Crippen molar-refractivity contribution in [2.24, 2.45) is 10.8 Å². The molecule has 1 aliphatic rings. The molecule has 2 heteroatoms. The van der Waals surface area contributed by atoms with Crippen LogP contribution in [0.25, 0.3) is 0 Å². The highest BCUT2D eigenvalue weighted by Crippen LogP contribution is 2.38. The van der Waals surface area contributed by atoms with Crippen molar-refractivity contribution in [1.82, 2.24) is 4.90 Å². The minimum Gasteiger partial charge on any atom is -0.396 e. The van der Waals surface area contributed by atoms with Crippen molar-refractivity contribution in [2.45, 2.75) is 59.8 Å². The Morgan fingerprint density at radius 3 is 2.29 bits per heavy atom. The van der Waals surface area contributed by atoms with Crippen molar-refractivity contribution in [3.05, 3.63) is 0 Å². The third kappa shape index (κ3) is 3.69. The van der Waals surface area contributed by atoms with E-state index in [-0.39, 0.29) is 5.41 Å². The zero-order valence-electron chi connectivity index (χ0n) is 12.3. The molecule has 0 saturated carbocycles. The minimum absolute atomic E-state index is 0.103. The highest BCUT2D eigenvalue weighted by molar-refractivity contribution is 4.90. The molecule has 0 aromatic heterocycles. The maximum atomic E-state index is 9.59. The molecule has 1 fully saturated rings. The Hall–Kier alpha value is -0.0800. The smallest absolute Gasteiger partial charge is 0.0497 e. The lowest BCUT2D eigenvalue weighted by atomic mass is 9.81. The van der Waals surface area contributed by atoms with E-state index >= 15 is 0 Å². The van der Waals surface area contributed by atoms with Crippen LogP contribution in [0.5, 0.6) is 0 Å². The number of hydrogen-bond acceptors (Lipinski definition) is 2. The van der Waals surface area contributed by atoms with E-state index in [2.05, 4.69) is 32.6 Å². The van der Waals surface area contributed by atoms with Crippen LogP contribution in [0.2, 0.25) is 0 Å². The first-order chi connectivity index (χ1) is 8.03. The summed E-state index contributed by atoms with van der Waals surface area (Å²) in [7, 11) is 0. The lowest BCUT2D eigenvalue weighted by Crippen LogP contribution is -2.38. The quantitative estimate of drug-likeness (QED) is 0.739. The molecule has 0 spiro atoms. The summed E-state index contributed by atoms with van der Waals surface area (Å²) in [6.07, 6.45) is 6.23. The van der Waals surface area contributed by atoms with E-state index < -0.39 is 0 Å². The summed E-state index contributed by atoms with van der Waals surface area (Å²) in [4.78, 5) is 2.58. The van der Waals surface area contributed by atoms with Crippen molar-refractivity contribution in [3.8, 4) is 0 Å². The Morgan fingerprint density at radius 1 is 1.24 bits per heavy atom. The molecule has 1 unspecified atom stereocenters. The Morgan fingerprint density at radius 2 is 1.88 bits per heavy atom. The van der Waals surface area contributed by atoms with Gasteiger partial charge in [0.1, 0.15) is 0 Å². The van der Waals surface area contributed by atoms with E-state index in [1.54, 1.807) is 0 Å². The Labute approximate surface area is 107 Å². The molecule has 2 nitrogen and oxygen atoms in total. The Kier molecular flexibility index (Phi) is 5.46. The highest BCUT2D eigenvalue weighted by Gasteiger charge is 2.37. The number of nitrogens with zero attached hydrogens (tertiary/aromatic N) is 1. The van der Waals surface area contributed by atoms with Crippen LogP contribution in [-0.4, -0.2) is 36.2 Å². The average Bonchev–Trinajstić information content (AvgIpc) is 2.73. The van der Waals surface area contributed by atoms with Gasteiger partial charge in [0.25, 0.3) is 0 Å². The molecule has 0 aromatic carbocycles. The number of aliphatic hydroxyl groups is 1. The van der Waals surface area contributed by atoms with Gasteiger partial charge in [0.15, 0.2) is 0 Å². The predicted molar refractivity (Wildman–Crippen MR) is 74.2 cm³/mol. The van der Waals surface area contributed by atoms with E-state index in [4.69, 9.17) is 0 Å². The van der Waals surface area contributed by atoms with E-state index in [1.165, 1.54) is 32.4 Å². The normalized spacial score (nSPS) is 23.8. The molecule has 1 aliphatic heterocycles. The standard InChI is InChI=1S/C15H31NO/c1-5-8-14(4,13-17)11-16-10-9-15(6-2,7-3)12-16/h17H,5-13H2,1-4H3. The zero-order valence-corrected chi connectivity index (χ0v) is 12.3. The summed E-state index contributed by atoms with van der Waals surface area (Å²) in [5.41, 5.74) is 0.662. The fourth-order valence-corrected chi connectivity index (χ4v) is 3.34. The average molecular weight is 241 g/mol. The fraction of sp³-hybridized carbons (Fsp3) is 1.00. The Bertz CT molecular complexity index is 225. The second-order valence-electron chi connectivity index (χ2n) is 6.39. The number of rotatable bonds is 7. The van der Waals surface area contributed by atoms with Gasteiger partial charge in [0, 0.05) is 25.1 Å². The molecule has 0 amide bonds. The van der Waals surface area contributed by atoms with Crippen LogP contribution in [0.15, 0.2) is 0 Å². The topological polar surface area (TPSA) is 23.5 Å². The van der Waals surface area contributed by atoms with Gasteiger partial charge in [-0.05, 0) is 37.6 Å². The van der Waals surface area contributed by atoms with Crippen molar-refractivity contribution < 1.29 is 5.11 Å². The summed E-state index contributed by atoms with van der Waals surface area (Å²) >= 11 is 0. The zero-order chi connectivity index (χ0) is 12.9. The van der Waals surface area contributed by atoms with Crippen LogP contribution in [0.3, 0.4) is 0 Å². The molecule has 0 aliphatic carbocycles. The molecular formula is C15H31NO. The highest BCUT2D eigenvalue weighted by atomic mass is 16.3. The van der Waals surface area contributed by atoms with E-state index in [1.807, 2.05) is 0 Å². The van der Waals surface area contributed by atoms with Crippen molar-refractivity contribution in [1.29, 1.82) is 0 Å². The van der Waals surface area contributed by atoms with Gasteiger partial charge >= 0.3 is 0 Å². The lowest BCUT2D eigenvalue weighted by molar-refractivity contribution is 0.0835. The summed E-state index contributed by atoms with van der Waals surface area (Å²) in [5, 5.41) is 9.59. The predicted octanol–water partition coefficient (Wildman–Crippen LogP) is 3.30. The third-order valence-electron chi connectivity index (χ3n) is 4.86. The molecule has 0 radical (unpaired) electrons. The fourth-order valence-electron chi connectivity index (χ4n) is 3.34. The first-order valence-corrected chi connectivity index (χ1v) is 7.36. The molecule has 1 N–H and O–H groups in total. The van der Waals surface area contributed by atoms with E-state index in [0.29, 0.717) is 12.0 Å².